The predicted octanol–water partition coefficient (Wildman–Crippen LogP) is 2.11. The molecular weight excluding hydrogens is 300 g/mol. The number of rotatable bonds is 4. The molecule has 22 heavy (non-hydrogen) atoms. The highest BCUT2D eigenvalue weighted by molar-refractivity contribution is 7.13. The van der Waals surface area contributed by atoms with Gasteiger partial charge in [-0.15, -0.1) is 10.2 Å². The molecule has 0 radical (unpaired) electrons. The lowest BCUT2D eigenvalue weighted by atomic mass is 10.0. The van der Waals surface area contributed by atoms with Crippen molar-refractivity contribution in [2.75, 3.05) is 18.4 Å². The van der Waals surface area contributed by atoms with Gasteiger partial charge in [0.1, 0.15) is 17.2 Å². The van der Waals surface area contributed by atoms with Gasteiger partial charge in [-0.2, -0.15) is 0 Å². The van der Waals surface area contributed by atoms with Crippen molar-refractivity contribution in [2.45, 2.75) is 32.6 Å². The number of hydrogen-bond donors (Lipinski definition) is 1. The molecule has 0 bridgehead atoms. The molecule has 0 spiro atoms. The summed E-state index contributed by atoms with van der Waals surface area (Å²) in [6.45, 7) is 5.31. The van der Waals surface area contributed by atoms with Crippen molar-refractivity contribution in [1.29, 1.82) is 0 Å². The summed E-state index contributed by atoms with van der Waals surface area (Å²) in [5, 5.41) is 11.6. The highest BCUT2D eigenvalue weighted by atomic mass is 32.1. The molecule has 0 aromatic carbocycles. The van der Waals surface area contributed by atoms with Gasteiger partial charge in [-0.05, 0) is 13.3 Å². The van der Waals surface area contributed by atoms with Crippen LogP contribution >= 0.6 is 11.3 Å². The van der Waals surface area contributed by atoms with Gasteiger partial charge in [0.25, 0.3) is 0 Å². The Morgan fingerprint density at radius 2 is 2.36 bits per heavy atom. The van der Waals surface area contributed by atoms with Gasteiger partial charge in [0.05, 0.1) is 5.69 Å². The molecule has 2 aromatic rings. The second-order valence-corrected chi connectivity index (χ2v) is 6.11. The molecule has 1 aliphatic heterocycles. The van der Waals surface area contributed by atoms with Crippen LogP contribution in [0.1, 0.15) is 37.2 Å². The third-order valence-electron chi connectivity index (χ3n) is 3.71. The monoisotopic (exact) mass is 318 g/mol. The average molecular weight is 318 g/mol. The van der Waals surface area contributed by atoms with Gasteiger partial charge in [-0.25, -0.2) is 9.97 Å². The molecule has 1 atom stereocenters. The minimum absolute atomic E-state index is 0.209. The molecule has 3 rings (SSSR count). The third-order valence-corrected chi connectivity index (χ3v) is 4.32. The molecular formula is C14H18N6OS. The molecule has 116 valence electrons. The van der Waals surface area contributed by atoms with E-state index < -0.39 is 0 Å². The van der Waals surface area contributed by atoms with Crippen LogP contribution in [0.5, 0.6) is 0 Å². The summed E-state index contributed by atoms with van der Waals surface area (Å²) in [5.74, 6) is 1.91. The van der Waals surface area contributed by atoms with Crippen LogP contribution in [0.25, 0.3) is 0 Å². The Labute approximate surface area is 132 Å². The molecule has 2 aromatic heterocycles. The van der Waals surface area contributed by atoms with Gasteiger partial charge in [0, 0.05) is 31.5 Å². The maximum atomic E-state index is 11.8. The van der Waals surface area contributed by atoms with Crippen LogP contribution in [-0.4, -0.2) is 44.1 Å². The van der Waals surface area contributed by atoms with Gasteiger partial charge in [-0.1, -0.05) is 18.3 Å². The van der Waals surface area contributed by atoms with E-state index in [0.29, 0.717) is 17.4 Å². The second-order valence-electron chi connectivity index (χ2n) is 5.27. The molecule has 0 unspecified atom stereocenters. The maximum absolute atomic E-state index is 11.8. The molecule has 0 aliphatic carbocycles. The van der Waals surface area contributed by atoms with E-state index in [4.69, 9.17) is 0 Å². The van der Waals surface area contributed by atoms with Crippen molar-refractivity contribution in [1.82, 2.24) is 25.1 Å². The van der Waals surface area contributed by atoms with E-state index in [0.717, 1.165) is 31.0 Å². The van der Waals surface area contributed by atoms with Crippen molar-refractivity contribution in [3.8, 4) is 0 Å². The van der Waals surface area contributed by atoms with E-state index in [2.05, 4.69) is 25.5 Å². The lowest BCUT2D eigenvalue weighted by Gasteiger charge is -2.15. The standard InChI is InChI=1S/C14H18N6OS/c1-3-13(21)20-5-4-10(7-20)11-6-12(17-9(2)16-11)18-14-19-15-8-22-14/h6,8,10H,3-5,7H2,1-2H3,(H,16,17,18,19)/t10-/m0/s1. The topological polar surface area (TPSA) is 83.9 Å². The van der Waals surface area contributed by atoms with Crippen LogP contribution in [-0.2, 0) is 4.79 Å². The number of aryl methyl sites for hydroxylation is 1. The number of amides is 1. The van der Waals surface area contributed by atoms with E-state index in [1.807, 2.05) is 24.8 Å². The van der Waals surface area contributed by atoms with Crippen molar-refractivity contribution < 1.29 is 4.79 Å². The summed E-state index contributed by atoms with van der Waals surface area (Å²) in [6.07, 6.45) is 1.50. The van der Waals surface area contributed by atoms with Crippen LogP contribution in [0.3, 0.4) is 0 Å². The van der Waals surface area contributed by atoms with Crippen LogP contribution < -0.4 is 5.32 Å². The number of nitrogens with one attached hydrogen (secondary N) is 1. The molecule has 8 heteroatoms. The lowest BCUT2D eigenvalue weighted by molar-refractivity contribution is -0.129. The fourth-order valence-corrected chi connectivity index (χ4v) is 3.10. The summed E-state index contributed by atoms with van der Waals surface area (Å²) >= 11 is 1.42. The Kier molecular flexibility index (Phi) is 4.28. The Hall–Kier alpha value is -2.09. The molecule has 0 saturated carbocycles. The lowest BCUT2D eigenvalue weighted by Crippen LogP contribution is -2.27. The van der Waals surface area contributed by atoms with Crippen LogP contribution in [0, 0.1) is 6.92 Å². The summed E-state index contributed by atoms with van der Waals surface area (Å²) in [4.78, 5) is 22.6. The smallest absolute Gasteiger partial charge is 0.222 e. The van der Waals surface area contributed by atoms with Gasteiger partial charge < -0.3 is 10.2 Å². The molecule has 3 heterocycles. The molecule has 1 saturated heterocycles. The number of aromatic nitrogens is 4. The zero-order valence-corrected chi connectivity index (χ0v) is 13.4. The van der Waals surface area contributed by atoms with E-state index in [-0.39, 0.29) is 11.8 Å². The van der Waals surface area contributed by atoms with Crippen molar-refractivity contribution in [3.63, 3.8) is 0 Å². The third kappa shape index (κ3) is 3.22. The van der Waals surface area contributed by atoms with E-state index in [1.54, 1.807) is 5.51 Å². The van der Waals surface area contributed by atoms with Crippen LogP contribution in [0.15, 0.2) is 11.6 Å². The number of carbonyl (C=O) groups excluding carboxylic acids is 1. The summed E-state index contributed by atoms with van der Waals surface area (Å²) in [5.41, 5.74) is 2.65. The van der Waals surface area contributed by atoms with Gasteiger partial charge in [0.15, 0.2) is 0 Å². The summed E-state index contributed by atoms with van der Waals surface area (Å²) in [6, 6.07) is 1.94. The number of carbonyl (C=O) groups is 1. The fraction of sp³-hybridized carbons (Fsp3) is 0.500. The largest absolute Gasteiger partial charge is 0.342 e. The molecule has 1 N–H and O–H groups in total. The summed E-state index contributed by atoms with van der Waals surface area (Å²) < 4.78 is 0. The normalized spacial score (nSPS) is 17.7. The van der Waals surface area contributed by atoms with Crippen molar-refractivity contribution in [3.05, 3.63) is 23.1 Å². The minimum Gasteiger partial charge on any atom is -0.342 e. The first kappa shape index (κ1) is 14.8. The minimum atomic E-state index is 0.209. The number of likely N-dealkylation sites (tertiary alicyclic amines) is 1. The van der Waals surface area contributed by atoms with E-state index in [1.165, 1.54) is 11.3 Å². The quantitative estimate of drug-likeness (QED) is 0.929. The first-order valence-corrected chi connectivity index (χ1v) is 8.20. The predicted molar refractivity (Wildman–Crippen MR) is 84.2 cm³/mol. The number of anilines is 2. The first-order valence-electron chi connectivity index (χ1n) is 7.32. The SMILES string of the molecule is CCC(=O)N1CC[C@H](c2cc(Nc3nncs3)nc(C)n2)C1. The van der Waals surface area contributed by atoms with Crippen LogP contribution in [0.2, 0.25) is 0 Å². The number of nitrogens with zero attached hydrogens (tertiary/aromatic N) is 5. The highest BCUT2D eigenvalue weighted by Crippen LogP contribution is 2.28. The highest BCUT2D eigenvalue weighted by Gasteiger charge is 2.27. The van der Waals surface area contributed by atoms with E-state index >= 15 is 0 Å². The van der Waals surface area contributed by atoms with Crippen molar-refractivity contribution in [2.24, 2.45) is 0 Å². The van der Waals surface area contributed by atoms with Gasteiger partial charge >= 0.3 is 0 Å². The van der Waals surface area contributed by atoms with Crippen molar-refractivity contribution >= 4 is 28.2 Å². The van der Waals surface area contributed by atoms with E-state index in [9.17, 15) is 4.79 Å². The molecule has 1 fully saturated rings. The Morgan fingerprint density at radius 1 is 1.50 bits per heavy atom. The van der Waals surface area contributed by atoms with Crippen LogP contribution in [0.4, 0.5) is 10.9 Å². The molecule has 1 amide bonds. The second kappa shape index (κ2) is 6.35. The zero-order valence-electron chi connectivity index (χ0n) is 12.6. The first-order chi connectivity index (χ1) is 10.7. The van der Waals surface area contributed by atoms with Gasteiger partial charge in [-0.3, -0.25) is 4.79 Å². The summed E-state index contributed by atoms with van der Waals surface area (Å²) in [7, 11) is 0. The molecule has 7 nitrogen and oxygen atoms in total. The molecule has 1 aliphatic rings. The average Bonchev–Trinajstić information content (AvgIpc) is 3.17. The zero-order chi connectivity index (χ0) is 15.5. The van der Waals surface area contributed by atoms with Gasteiger partial charge in [0.2, 0.25) is 11.0 Å². The maximum Gasteiger partial charge on any atom is 0.222 e. The fourth-order valence-electron chi connectivity index (χ4n) is 2.65. The number of hydrogen-bond acceptors (Lipinski definition) is 7. The Bertz CT molecular complexity index is 659. The Balaban J connectivity index is 1.77. The Morgan fingerprint density at radius 3 is 3.09 bits per heavy atom.